The molecular formula is C18H21NO. The first-order valence-electron chi connectivity index (χ1n) is 7.41. The van der Waals surface area contributed by atoms with Gasteiger partial charge in [0.2, 0.25) is 0 Å². The van der Waals surface area contributed by atoms with Gasteiger partial charge in [-0.2, -0.15) is 0 Å². The molecule has 0 saturated carbocycles. The second-order valence-electron chi connectivity index (χ2n) is 5.39. The van der Waals surface area contributed by atoms with Crippen LogP contribution in [0.4, 0.5) is 0 Å². The van der Waals surface area contributed by atoms with Crippen LogP contribution in [0.25, 0.3) is 11.1 Å². The summed E-state index contributed by atoms with van der Waals surface area (Å²) in [4.78, 5) is 0. The number of hydrogen-bond acceptors (Lipinski definition) is 2. The third kappa shape index (κ3) is 3.40. The Hall–Kier alpha value is -1.80. The minimum Gasteiger partial charge on any atom is -0.493 e. The summed E-state index contributed by atoms with van der Waals surface area (Å²) in [6.07, 6.45) is 2.45. The minimum absolute atomic E-state index is 0.699. The lowest BCUT2D eigenvalue weighted by atomic mass is 9.99. The summed E-state index contributed by atoms with van der Waals surface area (Å²) in [5, 5.41) is 3.38. The van der Waals surface area contributed by atoms with E-state index in [1.54, 1.807) is 0 Å². The van der Waals surface area contributed by atoms with Crippen molar-refractivity contribution in [3.63, 3.8) is 0 Å². The second-order valence-corrected chi connectivity index (χ2v) is 5.39. The van der Waals surface area contributed by atoms with Crippen molar-refractivity contribution in [2.24, 2.45) is 5.92 Å². The van der Waals surface area contributed by atoms with Crippen LogP contribution in [0, 0.1) is 5.92 Å². The fraction of sp³-hybridized carbons (Fsp3) is 0.333. The van der Waals surface area contributed by atoms with Gasteiger partial charge in [0.25, 0.3) is 0 Å². The average molecular weight is 267 g/mol. The molecule has 0 aliphatic carbocycles. The maximum atomic E-state index is 5.91. The summed E-state index contributed by atoms with van der Waals surface area (Å²) in [5.41, 5.74) is 2.48. The number of rotatable bonds is 4. The number of benzene rings is 2. The number of ether oxygens (including phenoxy) is 1. The van der Waals surface area contributed by atoms with Gasteiger partial charge in [-0.1, -0.05) is 42.5 Å². The Morgan fingerprint density at radius 1 is 0.850 bits per heavy atom. The molecule has 1 fully saturated rings. The molecular weight excluding hydrogens is 246 g/mol. The van der Waals surface area contributed by atoms with Crippen LogP contribution < -0.4 is 10.1 Å². The highest BCUT2D eigenvalue weighted by Gasteiger charge is 2.13. The van der Waals surface area contributed by atoms with E-state index in [0.717, 1.165) is 25.4 Å². The van der Waals surface area contributed by atoms with Crippen molar-refractivity contribution in [1.29, 1.82) is 0 Å². The number of nitrogens with one attached hydrogen (secondary N) is 1. The topological polar surface area (TPSA) is 21.3 Å². The van der Waals surface area contributed by atoms with Gasteiger partial charge in [-0.15, -0.1) is 0 Å². The summed E-state index contributed by atoms with van der Waals surface area (Å²) in [6.45, 7) is 3.09. The summed E-state index contributed by atoms with van der Waals surface area (Å²) in [7, 11) is 0. The van der Waals surface area contributed by atoms with Crippen LogP contribution in [0.2, 0.25) is 0 Å². The van der Waals surface area contributed by atoms with Crippen LogP contribution in [0.15, 0.2) is 54.6 Å². The second kappa shape index (κ2) is 6.58. The minimum atomic E-state index is 0.699. The zero-order valence-electron chi connectivity index (χ0n) is 11.7. The van der Waals surface area contributed by atoms with Gasteiger partial charge >= 0.3 is 0 Å². The standard InChI is InChI=1S/C18H21NO/c1-2-4-16(5-3-1)17-6-8-18(9-7-17)20-14-15-10-12-19-13-11-15/h1-9,15,19H,10-14H2. The van der Waals surface area contributed by atoms with E-state index in [4.69, 9.17) is 4.74 Å². The van der Waals surface area contributed by atoms with E-state index in [9.17, 15) is 0 Å². The zero-order chi connectivity index (χ0) is 13.6. The van der Waals surface area contributed by atoms with E-state index < -0.39 is 0 Å². The summed E-state index contributed by atoms with van der Waals surface area (Å²) in [6, 6.07) is 18.8. The fourth-order valence-electron chi connectivity index (χ4n) is 2.64. The quantitative estimate of drug-likeness (QED) is 0.911. The van der Waals surface area contributed by atoms with Crippen molar-refractivity contribution in [1.82, 2.24) is 5.32 Å². The molecule has 104 valence electrons. The Morgan fingerprint density at radius 3 is 2.20 bits per heavy atom. The van der Waals surface area contributed by atoms with E-state index >= 15 is 0 Å². The van der Waals surface area contributed by atoms with E-state index in [1.807, 2.05) is 6.07 Å². The summed E-state index contributed by atoms with van der Waals surface area (Å²) in [5.74, 6) is 1.67. The molecule has 0 unspecified atom stereocenters. The van der Waals surface area contributed by atoms with Gasteiger partial charge in [-0.3, -0.25) is 0 Å². The molecule has 0 bridgehead atoms. The fourth-order valence-corrected chi connectivity index (χ4v) is 2.64. The highest BCUT2D eigenvalue weighted by atomic mass is 16.5. The SMILES string of the molecule is c1ccc(-c2ccc(OCC3CCNCC3)cc2)cc1. The van der Waals surface area contributed by atoms with Gasteiger partial charge in [0.1, 0.15) is 5.75 Å². The molecule has 1 heterocycles. The van der Waals surface area contributed by atoms with E-state index in [-0.39, 0.29) is 0 Å². The first kappa shape index (κ1) is 13.2. The van der Waals surface area contributed by atoms with Crippen LogP contribution in [0.1, 0.15) is 12.8 Å². The van der Waals surface area contributed by atoms with Crippen LogP contribution >= 0.6 is 0 Å². The lowest BCUT2D eigenvalue weighted by molar-refractivity contribution is 0.215. The van der Waals surface area contributed by atoms with Crippen molar-refractivity contribution in [2.75, 3.05) is 19.7 Å². The first-order valence-corrected chi connectivity index (χ1v) is 7.41. The number of hydrogen-bond donors (Lipinski definition) is 1. The largest absolute Gasteiger partial charge is 0.493 e. The lowest BCUT2D eigenvalue weighted by Gasteiger charge is -2.22. The van der Waals surface area contributed by atoms with Gasteiger partial charge in [0, 0.05) is 0 Å². The van der Waals surface area contributed by atoms with Crippen molar-refractivity contribution in [3.8, 4) is 16.9 Å². The zero-order valence-corrected chi connectivity index (χ0v) is 11.7. The highest BCUT2D eigenvalue weighted by molar-refractivity contribution is 5.63. The molecule has 20 heavy (non-hydrogen) atoms. The van der Waals surface area contributed by atoms with Gasteiger partial charge in [0.05, 0.1) is 6.61 Å². The van der Waals surface area contributed by atoms with Crippen molar-refractivity contribution in [3.05, 3.63) is 54.6 Å². The lowest BCUT2D eigenvalue weighted by Crippen LogP contribution is -2.30. The molecule has 2 aromatic rings. The van der Waals surface area contributed by atoms with E-state index in [2.05, 4.69) is 53.8 Å². The average Bonchev–Trinajstić information content (AvgIpc) is 2.55. The predicted molar refractivity (Wildman–Crippen MR) is 83.0 cm³/mol. The molecule has 0 spiro atoms. The molecule has 3 rings (SSSR count). The number of piperidine rings is 1. The molecule has 0 aromatic heterocycles. The Morgan fingerprint density at radius 2 is 1.50 bits per heavy atom. The molecule has 1 aliphatic heterocycles. The van der Waals surface area contributed by atoms with Crippen molar-refractivity contribution in [2.45, 2.75) is 12.8 Å². The molecule has 2 aromatic carbocycles. The maximum Gasteiger partial charge on any atom is 0.119 e. The monoisotopic (exact) mass is 267 g/mol. The first-order chi connectivity index (χ1) is 9.92. The molecule has 0 amide bonds. The molecule has 2 nitrogen and oxygen atoms in total. The van der Waals surface area contributed by atoms with Crippen LogP contribution in [0.5, 0.6) is 5.75 Å². The van der Waals surface area contributed by atoms with Crippen LogP contribution in [-0.2, 0) is 0 Å². The molecule has 0 radical (unpaired) electrons. The maximum absolute atomic E-state index is 5.91. The molecule has 1 aliphatic rings. The third-order valence-corrected chi connectivity index (χ3v) is 3.91. The van der Waals surface area contributed by atoms with Crippen molar-refractivity contribution < 1.29 is 4.74 Å². The van der Waals surface area contributed by atoms with Gasteiger partial charge in [-0.05, 0) is 55.1 Å². The summed E-state index contributed by atoms with van der Waals surface area (Å²) >= 11 is 0. The normalized spacial score (nSPS) is 16.0. The Kier molecular flexibility index (Phi) is 4.34. The Bertz CT molecular complexity index is 515. The molecule has 1 N–H and O–H groups in total. The molecule has 2 heteroatoms. The van der Waals surface area contributed by atoms with Gasteiger partial charge < -0.3 is 10.1 Å². The molecule has 1 saturated heterocycles. The van der Waals surface area contributed by atoms with E-state index in [1.165, 1.54) is 24.0 Å². The van der Waals surface area contributed by atoms with Crippen LogP contribution in [-0.4, -0.2) is 19.7 Å². The Balaban J connectivity index is 1.58. The molecule has 0 atom stereocenters. The van der Waals surface area contributed by atoms with Crippen molar-refractivity contribution >= 4 is 0 Å². The predicted octanol–water partition coefficient (Wildman–Crippen LogP) is 3.73. The smallest absolute Gasteiger partial charge is 0.119 e. The van der Waals surface area contributed by atoms with Gasteiger partial charge in [0.15, 0.2) is 0 Å². The Labute approximate surface area is 120 Å². The highest BCUT2D eigenvalue weighted by Crippen LogP contribution is 2.23. The summed E-state index contributed by atoms with van der Waals surface area (Å²) < 4.78 is 5.91. The van der Waals surface area contributed by atoms with Gasteiger partial charge in [-0.25, -0.2) is 0 Å². The third-order valence-electron chi connectivity index (χ3n) is 3.91. The van der Waals surface area contributed by atoms with Crippen LogP contribution in [0.3, 0.4) is 0 Å². The van der Waals surface area contributed by atoms with E-state index in [0.29, 0.717) is 5.92 Å².